The van der Waals surface area contributed by atoms with Crippen molar-refractivity contribution in [3.63, 3.8) is 0 Å². The van der Waals surface area contributed by atoms with Gasteiger partial charge in [-0.1, -0.05) is 65.9 Å². The molecule has 2 heterocycles. The summed E-state index contributed by atoms with van der Waals surface area (Å²) >= 11 is 6.53. The van der Waals surface area contributed by atoms with Gasteiger partial charge >= 0.3 is 5.97 Å². The third kappa shape index (κ3) is 7.72. The molecule has 1 unspecified atom stereocenters. The highest BCUT2D eigenvalue weighted by molar-refractivity contribution is 6.31. The Kier molecular flexibility index (Phi) is 11.2. The Morgan fingerprint density at radius 1 is 1.00 bits per heavy atom. The summed E-state index contributed by atoms with van der Waals surface area (Å²) in [4.78, 5) is 44.4. The van der Waals surface area contributed by atoms with Gasteiger partial charge in [-0.05, 0) is 67.0 Å². The molecule has 6 rings (SSSR count). The van der Waals surface area contributed by atoms with Crippen LogP contribution < -0.4 is 10.1 Å². The van der Waals surface area contributed by atoms with Crippen LogP contribution >= 0.6 is 11.6 Å². The highest BCUT2D eigenvalue weighted by atomic mass is 35.5. The van der Waals surface area contributed by atoms with Gasteiger partial charge in [0.15, 0.2) is 17.4 Å². The number of carbonyl (C=O) groups excluding carboxylic acids is 3. The number of hydrogen-bond donors (Lipinski definition) is 1. The van der Waals surface area contributed by atoms with Crippen LogP contribution in [-0.2, 0) is 37.6 Å². The first-order valence-corrected chi connectivity index (χ1v) is 17.5. The second-order valence-electron chi connectivity index (χ2n) is 13.1. The van der Waals surface area contributed by atoms with Crippen LogP contribution in [0.15, 0.2) is 60.7 Å². The summed E-state index contributed by atoms with van der Waals surface area (Å²) in [5, 5.41) is 4.05. The van der Waals surface area contributed by atoms with E-state index in [0.29, 0.717) is 37.0 Å². The zero-order valence-electron chi connectivity index (χ0n) is 28.2. The summed E-state index contributed by atoms with van der Waals surface area (Å²) in [6.07, 6.45) is 3.26. The van der Waals surface area contributed by atoms with Crippen LogP contribution in [0.5, 0.6) is 5.75 Å². The molecule has 2 bridgehead atoms. The minimum Gasteiger partial charge on any atom is -0.488 e. The number of methoxy groups -OCH3 is 1. The first kappa shape index (κ1) is 36.3. The Balaban J connectivity index is 1.27. The lowest BCUT2D eigenvalue weighted by Gasteiger charge is -2.56. The van der Waals surface area contributed by atoms with Crippen molar-refractivity contribution < 1.29 is 37.0 Å². The predicted molar refractivity (Wildman–Crippen MR) is 184 cm³/mol. The molecule has 1 saturated heterocycles. The highest BCUT2D eigenvalue weighted by Gasteiger charge is 2.57. The van der Waals surface area contributed by atoms with Gasteiger partial charge in [-0.3, -0.25) is 14.4 Å². The minimum atomic E-state index is -1.37. The topological polar surface area (TPSA) is 88.2 Å². The molecule has 1 saturated carbocycles. The zero-order chi connectivity index (χ0) is 36.1. The highest BCUT2D eigenvalue weighted by Crippen LogP contribution is 2.44. The van der Waals surface area contributed by atoms with Crippen LogP contribution in [-0.4, -0.2) is 66.0 Å². The number of carbonyl (C=O) groups is 3. The van der Waals surface area contributed by atoms with Crippen LogP contribution in [0.3, 0.4) is 0 Å². The van der Waals surface area contributed by atoms with Crippen LogP contribution in [0.4, 0.5) is 13.2 Å². The summed E-state index contributed by atoms with van der Waals surface area (Å²) in [5.41, 5.74) is 1.29. The zero-order valence-corrected chi connectivity index (χ0v) is 29.0. The molecule has 3 aromatic carbocycles. The van der Waals surface area contributed by atoms with Gasteiger partial charge < -0.3 is 24.6 Å². The van der Waals surface area contributed by atoms with E-state index in [1.54, 1.807) is 11.0 Å². The number of nitrogens with zero attached hydrogens (tertiary/aromatic N) is 2. The number of piperazine rings is 1. The molecule has 0 radical (unpaired) electrons. The Labute approximate surface area is 300 Å². The maximum Gasteiger partial charge on any atom is 0.305 e. The monoisotopic (exact) mass is 721 g/mol. The number of nitrogens with one attached hydrogen (secondary N) is 1. The van der Waals surface area contributed by atoms with Crippen LogP contribution in [0, 0.1) is 29.3 Å². The molecular formula is C39H39ClF3N3O5. The van der Waals surface area contributed by atoms with E-state index in [1.807, 2.05) is 47.4 Å². The molecule has 3 aromatic rings. The maximum atomic E-state index is 14.8. The molecule has 1 aliphatic carbocycles. The van der Waals surface area contributed by atoms with E-state index in [1.165, 1.54) is 7.11 Å². The third-order valence-electron chi connectivity index (χ3n) is 9.76. The number of fused-ring (bicyclic) bond motifs is 2. The van der Waals surface area contributed by atoms with Gasteiger partial charge in [0, 0.05) is 43.4 Å². The normalized spacial score (nSPS) is 20.6. The summed E-state index contributed by atoms with van der Waals surface area (Å²) in [6, 6.07) is 15.3. The van der Waals surface area contributed by atoms with Crippen LogP contribution in [0.25, 0.3) is 0 Å². The number of aryl methyl sites for hydroxylation is 1. The first-order chi connectivity index (χ1) is 24.6. The third-order valence-corrected chi connectivity index (χ3v) is 10.1. The van der Waals surface area contributed by atoms with Gasteiger partial charge in [0.2, 0.25) is 17.6 Å². The number of hydrogen-bond acceptors (Lipinski definition) is 6. The fraction of sp³-hybridized carbons (Fsp3) is 0.410. The van der Waals surface area contributed by atoms with Gasteiger partial charge in [0.1, 0.15) is 17.6 Å². The lowest BCUT2D eigenvalue weighted by molar-refractivity contribution is -0.154. The molecule has 3 atom stereocenters. The Morgan fingerprint density at radius 3 is 2.47 bits per heavy atom. The standard InChI is InChI=1S/C39H39ClF3N3O5/c1-50-34(48)12-4-11-33(47)46-29-9-5-21-39(46,37(44-23-29)38(49)45(28-17-18-28)24-26-8-2-3-10-30(26)40)27-15-13-25(14-16-27)7-6-22-51-36-32(42)20-19-31(41)35(36)43/h2-3,8,10,13-16,19-20,28-29,37,44H,4,6-7,11-12,17-18,21-24H2,1H3/t29-,37?,39+/m0/s1. The molecular weight excluding hydrogens is 683 g/mol. The summed E-state index contributed by atoms with van der Waals surface area (Å²) < 4.78 is 51.6. The molecule has 2 amide bonds. The number of esters is 1. The Morgan fingerprint density at radius 2 is 1.75 bits per heavy atom. The van der Waals surface area contributed by atoms with E-state index < -0.39 is 46.8 Å². The van der Waals surface area contributed by atoms with Crippen LogP contribution in [0.2, 0.25) is 5.02 Å². The van der Waals surface area contributed by atoms with Crippen molar-refractivity contribution in [1.82, 2.24) is 15.1 Å². The number of amides is 2. The Hall–Kier alpha value is -4.53. The van der Waals surface area contributed by atoms with E-state index in [-0.39, 0.29) is 50.1 Å². The van der Waals surface area contributed by atoms with E-state index in [4.69, 9.17) is 21.1 Å². The van der Waals surface area contributed by atoms with Gasteiger partial charge in [-0.25, -0.2) is 8.78 Å². The fourth-order valence-electron chi connectivity index (χ4n) is 7.02. The smallest absolute Gasteiger partial charge is 0.305 e. The van der Waals surface area contributed by atoms with Crippen molar-refractivity contribution in [2.24, 2.45) is 0 Å². The number of benzene rings is 3. The molecule has 0 spiro atoms. The summed E-state index contributed by atoms with van der Waals surface area (Å²) in [5.74, 6) is 1.41. The largest absolute Gasteiger partial charge is 0.488 e. The first-order valence-electron chi connectivity index (χ1n) is 17.1. The molecule has 268 valence electrons. The second-order valence-corrected chi connectivity index (χ2v) is 13.5. The molecule has 2 aliphatic heterocycles. The summed E-state index contributed by atoms with van der Waals surface area (Å²) in [6.45, 7) is 0.574. The molecule has 1 N–H and O–H groups in total. The predicted octanol–water partition coefficient (Wildman–Crippen LogP) is 6.07. The van der Waals surface area contributed by atoms with E-state index in [9.17, 15) is 27.6 Å². The van der Waals surface area contributed by atoms with Crippen molar-refractivity contribution >= 4 is 29.4 Å². The van der Waals surface area contributed by atoms with Crippen molar-refractivity contribution in [2.45, 2.75) is 81.6 Å². The second kappa shape index (κ2) is 15.8. The number of ether oxygens (including phenoxy) is 2. The average molecular weight is 722 g/mol. The van der Waals surface area contributed by atoms with Gasteiger partial charge in [0.25, 0.3) is 0 Å². The number of rotatable bonds is 14. The van der Waals surface area contributed by atoms with E-state index in [2.05, 4.69) is 17.2 Å². The molecule has 12 heteroatoms. The van der Waals surface area contributed by atoms with Gasteiger partial charge in [-0.15, -0.1) is 0 Å². The SMILES string of the molecule is COC(=O)CCCC(=O)N1[C@H]2C#CC[C@@]1(c1ccc(CCCOc3c(F)ccc(F)c3F)cc1)C(C(=O)N(Cc1ccccc1Cl)C1CC1)NC2. The fourth-order valence-corrected chi connectivity index (χ4v) is 7.21. The average Bonchev–Trinajstić information content (AvgIpc) is 3.98. The maximum absolute atomic E-state index is 14.8. The van der Waals surface area contributed by atoms with Crippen molar-refractivity contribution in [2.75, 3.05) is 20.3 Å². The minimum absolute atomic E-state index is 0.0446. The van der Waals surface area contributed by atoms with Crippen molar-refractivity contribution in [1.29, 1.82) is 0 Å². The Bertz CT molecular complexity index is 1840. The van der Waals surface area contributed by atoms with Crippen LogP contribution in [0.1, 0.15) is 61.6 Å². The lowest BCUT2D eigenvalue weighted by Crippen LogP contribution is -2.74. The molecule has 3 aliphatic rings. The van der Waals surface area contributed by atoms with E-state index >= 15 is 0 Å². The molecule has 51 heavy (non-hydrogen) atoms. The van der Waals surface area contributed by atoms with Crippen molar-refractivity contribution in [3.8, 4) is 17.6 Å². The van der Waals surface area contributed by atoms with Gasteiger partial charge in [0.05, 0.1) is 13.7 Å². The van der Waals surface area contributed by atoms with Crippen molar-refractivity contribution in [3.05, 3.63) is 99.8 Å². The summed E-state index contributed by atoms with van der Waals surface area (Å²) in [7, 11) is 1.31. The molecule has 8 nitrogen and oxygen atoms in total. The molecule has 0 aromatic heterocycles. The quantitative estimate of drug-likeness (QED) is 0.0941. The van der Waals surface area contributed by atoms with E-state index in [0.717, 1.165) is 35.6 Å². The lowest BCUT2D eigenvalue weighted by atomic mass is 9.72. The number of halogens is 4. The van der Waals surface area contributed by atoms with Gasteiger partial charge in [-0.2, -0.15) is 4.39 Å². The molecule has 2 fully saturated rings.